The van der Waals surface area contributed by atoms with Crippen molar-refractivity contribution in [3.63, 3.8) is 0 Å². The molecule has 0 saturated heterocycles. The van der Waals surface area contributed by atoms with E-state index < -0.39 is 11.7 Å². The number of hydrogen-bond donors (Lipinski definition) is 0. The molecule has 0 unspecified atom stereocenters. The second-order valence-electron chi connectivity index (χ2n) is 3.87. The quantitative estimate of drug-likeness (QED) is 0.746. The lowest BCUT2D eigenvalue weighted by Crippen LogP contribution is -2.04. The third-order valence-corrected chi connectivity index (χ3v) is 2.62. The minimum Gasteiger partial charge on any atom is -0.272 e. The van der Waals surface area contributed by atoms with Gasteiger partial charge in [0.25, 0.3) is 0 Å². The summed E-state index contributed by atoms with van der Waals surface area (Å²) in [6.45, 7) is 1.89. The maximum absolute atomic E-state index is 12.4. The first-order valence-electron chi connectivity index (χ1n) is 5.06. The van der Waals surface area contributed by atoms with Gasteiger partial charge in [0.2, 0.25) is 0 Å². The molecule has 0 aliphatic heterocycles. The van der Waals surface area contributed by atoms with Gasteiger partial charge in [0, 0.05) is 18.3 Å². The lowest BCUT2D eigenvalue weighted by molar-refractivity contribution is -0.137. The summed E-state index contributed by atoms with van der Waals surface area (Å²) in [6, 6.07) is 6.84. The zero-order valence-electron chi connectivity index (χ0n) is 9.42. The van der Waals surface area contributed by atoms with Crippen molar-refractivity contribution in [2.24, 2.45) is 7.05 Å². The Morgan fingerprint density at radius 2 is 1.71 bits per heavy atom. The summed E-state index contributed by atoms with van der Waals surface area (Å²) >= 11 is 0. The number of aromatic nitrogens is 2. The Balaban J connectivity index is 2.36. The molecule has 0 saturated carbocycles. The molecule has 1 aromatic carbocycles. The molecule has 1 heterocycles. The minimum absolute atomic E-state index is 0.645. The predicted octanol–water partition coefficient (Wildman–Crippen LogP) is 3.41. The Labute approximate surface area is 96.7 Å². The van der Waals surface area contributed by atoms with Gasteiger partial charge >= 0.3 is 6.18 Å². The number of nitrogens with zero attached hydrogens (tertiary/aromatic N) is 2. The highest BCUT2D eigenvalue weighted by molar-refractivity contribution is 5.59. The summed E-state index contributed by atoms with van der Waals surface area (Å²) in [5, 5.41) is 4.21. The summed E-state index contributed by atoms with van der Waals surface area (Å²) in [6.07, 6.45) is -4.29. The van der Waals surface area contributed by atoms with Crippen LogP contribution < -0.4 is 0 Å². The van der Waals surface area contributed by atoms with Crippen LogP contribution in [0, 0.1) is 6.92 Å². The predicted molar refractivity (Wildman–Crippen MR) is 58.4 cm³/mol. The molecular formula is C12H11F3N2. The smallest absolute Gasteiger partial charge is 0.272 e. The normalized spacial score (nSPS) is 11.8. The highest BCUT2D eigenvalue weighted by Gasteiger charge is 2.30. The molecule has 90 valence electrons. The van der Waals surface area contributed by atoms with E-state index in [4.69, 9.17) is 0 Å². The van der Waals surface area contributed by atoms with E-state index in [1.165, 1.54) is 12.1 Å². The molecule has 0 spiro atoms. The van der Waals surface area contributed by atoms with Crippen molar-refractivity contribution in [2.75, 3.05) is 0 Å². The largest absolute Gasteiger partial charge is 0.416 e. The molecule has 17 heavy (non-hydrogen) atoms. The Bertz CT molecular complexity index is 504. The van der Waals surface area contributed by atoms with Crippen molar-refractivity contribution in [1.29, 1.82) is 0 Å². The van der Waals surface area contributed by atoms with Gasteiger partial charge in [-0.05, 0) is 25.1 Å². The van der Waals surface area contributed by atoms with Gasteiger partial charge in [-0.25, -0.2) is 0 Å². The van der Waals surface area contributed by atoms with Crippen LogP contribution in [0.25, 0.3) is 11.3 Å². The van der Waals surface area contributed by atoms with E-state index in [0.29, 0.717) is 11.3 Å². The van der Waals surface area contributed by atoms with Gasteiger partial charge in [-0.15, -0.1) is 0 Å². The summed E-state index contributed by atoms with van der Waals surface area (Å²) in [5.74, 6) is 0. The Morgan fingerprint density at radius 3 is 2.12 bits per heavy atom. The fraction of sp³-hybridized carbons (Fsp3) is 0.250. The highest BCUT2D eigenvalue weighted by Crippen LogP contribution is 2.30. The van der Waals surface area contributed by atoms with Crippen LogP contribution in [0.4, 0.5) is 13.2 Å². The molecule has 0 fully saturated rings. The maximum Gasteiger partial charge on any atom is 0.416 e. The SMILES string of the molecule is Cc1cc(-c2ccc(C(F)(F)F)cc2)nn1C. The number of alkyl halides is 3. The van der Waals surface area contributed by atoms with Crippen LogP contribution in [0.15, 0.2) is 30.3 Å². The Hall–Kier alpha value is -1.78. The van der Waals surface area contributed by atoms with Crippen molar-refractivity contribution in [2.45, 2.75) is 13.1 Å². The van der Waals surface area contributed by atoms with Crippen molar-refractivity contribution in [3.8, 4) is 11.3 Å². The van der Waals surface area contributed by atoms with Crippen molar-refractivity contribution in [1.82, 2.24) is 9.78 Å². The molecule has 0 atom stereocenters. The highest BCUT2D eigenvalue weighted by atomic mass is 19.4. The molecule has 0 N–H and O–H groups in total. The Kier molecular flexibility index (Phi) is 2.69. The lowest BCUT2D eigenvalue weighted by Gasteiger charge is -2.06. The van der Waals surface area contributed by atoms with Crippen LogP contribution in [0.2, 0.25) is 0 Å². The molecule has 0 aliphatic carbocycles. The molecular weight excluding hydrogens is 229 g/mol. The summed E-state index contributed by atoms with van der Waals surface area (Å²) < 4.78 is 38.8. The second-order valence-corrected chi connectivity index (χ2v) is 3.87. The van der Waals surface area contributed by atoms with Crippen LogP contribution in [0.5, 0.6) is 0 Å². The zero-order chi connectivity index (χ0) is 12.6. The fourth-order valence-electron chi connectivity index (χ4n) is 1.53. The van der Waals surface area contributed by atoms with Crippen molar-refractivity contribution >= 4 is 0 Å². The van der Waals surface area contributed by atoms with Gasteiger partial charge in [0.1, 0.15) is 0 Å². The van der Waals surface area contributed by atoms with Crippen LogP contribution in [0.1, 0.15) is 11.3 Å². The first kappa shape index (κ1) is 11.7. The average molecular weight is 240 g/mol. The molecule has 0 aliphatic rings. The van der Waals surface area contributed by atoms with E-state index in [9.17, 15) is 13.2 Å². The zero-order valence-corrected chi connectivity index (χ0v) is 9.42. The molecule has 0 amide bonds. The first-order chi connectivity index (χ1) is 7.88. The van der Waals surface area contributed by atoms with Crippen LogP contribution in [-0.2, 0) is 13.2 Å². The molecule has 5 heteroatoms. The molecule has 2 rings (SSSR count). The van der Waals surface area contributed by atoms with Gasteiger partial charge in [-0.3, -0.25) is 4.68 Å². The molecule has 0 bridgehead atoms. The summed E-state index contributed by atoms with van der Waals surface area (Å²) in [4.78, 5) is 0. The maximum atomic E-state index is 12.4. The topological polar surface area (TPSA) is 17.8 Å². The van der Waals surface area contributed by atoms with Gasteiger partial charge in [0.15, 0.2) is 0 Å². The van der Waals surface area contributed by atoms with Gasteiger partial charge in [-0.2, -0.15) is 18.3 Å². The number of halogens is 3. The molecule has 2 nitrogen and oxygen atoms in total. The van der Waals surface area contributed by atoms with Crippen molar-refractivity contribution < 1.29 is 13.2 Å². The van der Waals surface area contributed by atoms with E-state index in [2.05, 4.69) is 5.10 Å². The monoisotopic (exact) mass is 240 g/mol. The Morgan fingerprint density at radius 1 is 1.12 bits per heavy atom. The fourth-order valence-corrected chi connectivity index (χ4v) is 1.53. The van der Waals surface area contributed by atoms with E-state index in [1.54, 1.807) is 11.7 Å². The average Bonchev–Trinajstić information content (AvgIpc) is 2.58. The van der Waals surface area contributed by atoms with Crippen LogP contribution in [0.3, 0.4) is 0 Å². The number of rotatable bonds is 1. The van der Waals surface area contributed by atoms with E-state index in [-0.39, 0.29) is 0 Å². The van der Waals surface area contributed by atoms with E-state index in [0.717, 1.165) is 17.8 Å². The first-order valence-corrected chi connectivity index (χ1v) is 5.06. The molecule has 1 aromatic heterocycles. The van der Waals surface area contributed by atoms with Gasteiger partial charge in [-0.1, -0.05) is 12.1 Å². The minimum atomic E-state index is -4.29. The van der Waals surface area contributed by atoms with Crippen molar-refractivity contribution in [3.05, 3.63) is 41.6 Å². The molecule has 2 aromatic rings. The van der Waals surface area contributed by atoms with E-state index >= 15 is 0 Å². The number of benzene rings is 1. The third kappa shape index (κ3) is 2.33. The summed E-state index contributed by atoms with van der Waals surface area (Å²) in [7, 11) is 1.79. The second kappa shape index (κ2) is 3.91. The standard InChI is InChI=1S/C12H11F3N2/c1-8-7-11(16-17(8)2)9-3-5-10(6-4-9)12(13,14)15/h3-7H,1-2H3. The van der Waals surface area contributed by atoms with Gasteiger partial charge < -0.3 is 0 Å². The molecule has 0 radical (unpaired) electrons. The number of hydrogen-bond acceptors (Lipinski definition) is 1. The van der Waals surface area contributed by atoms with Crippen LogP contribution in [-0.4, -0.2) is 9.78 Å². The summed E-state index contributed by atoms with van der Waals surface area (Å²) in [5.41, 5.74) is 1.68. The third-order valence-electron chi connectivity index (χ3n) is 2.62. The van der Waals surface area contributed by atoms with Gasteiger partial charge in [0.05, 0.1) is 11.3 Å². The number of aryl methyl sites for hydroxylation is 2. The lowest BCUT2D eigenvalue weighted by atomic mass is 10.1. The van der Waals surface area contributed by atoms with Crippen LogP contribution >= 0.6 is 0 Å². The van der Waals surface area contributed by atoms with E-state index in [1.807, 2.05) is 13.0 Å².